The van der Waals surface area contributed by atoms with Gasteiger partial charge in [0.2, 0.25) is 0 Å². The Hall–Kier alpha value is -0.261. The summed E-state index contributed by atoms with van der Waals surface area (Å²) in [5.41, 5.74) is 4.75. The van der Waals surface area contributed by atoms with Gasteiger partial charge in [-0.05, 0) is 0 Å². The summed E-state index contributed by atoms with van der Waals surface area (Å²) < 4.78 is 1.02. The van der Waals surface area contributed by atoms with Crippen molar-refractivity contribution >= 4 is 30.2 Å². The molecule has 0 fully saturated rings. The van der Waals surface area contributed by atoms with Crippen molar-refractivity contribution in [2.75, 3.05) is 0 Å². The van der Waals surface area contributed by atoms with Crippen molar-refractivity contribution in [2.24, 2.45) is 0 Å². The third-order valence-electron chi connectivity index (χ3n) is 1.76. The summed E-state index contributed by atoms with van der Waals surface area (Å²) in [4.78, 5) is 28.9. The van der Waals surface area contributed by atoms with Crippen LogP contribution in [-0.4, -0.2) is 30.2 Å². The summed E-state index contributed by atoms with van der Waals surface area (Å²) in [6, 6.07) is 0. The maximum atomic E-state index is 11.2. The van der Waals surface area contributed by atoms with E-state index in [9.17, 15) is 9.59 Å². The van der Waals surface area contributed by atoms with Gasteiger partial charge in [0.15, 0.2) is 0 Å². The number of hydrogen-bond donors (Lipinski definition) is 2. The van der Waals surface area contributed by atoms with E-state index in [2.05, 4.69) is 25.7 Å². The molecule has 0 bridgehead atoms. The quantitative estimate of drug-likeness (QED) is 0.607. The predicted octanol–water partition coefficient (Wildman–Crippen LogP) is 1.27. The number of carbonyl (C=O) groups is 2. The van der Waals surface area contributed by atoms with Crippen LogP contribution in [0.4, 0.5) is 0 Å². The van der Waals surface area contributed by atoms with E-state index in [1.54, 1.807) is 6.92 Å². The summed E-state index contributed by atoms with van der Waals surface area (Å²) in [7, 11) is 0. The monoisotopic (exact) mass is 308 g/mol. The molecule has 4 nitrogen and oxygen atoms in total. The van der Waals surface area contributed by atoms with Crippen LogP contribution in [0.3, 0.4) is 0 Å². The molecule has 0 aliphatic rings. The number of carbonyl (C=O) groups excluding carboxylic acids is 2. The minimum atomic E-state index is -1.83. The first kappa shape index (κ1) is 13.7. The molecule has 0 unspecified atom stereocenters. The Bertz CT molecular complexity index is 211. The van der Waals surface area contributed by atoms with E-state index in [0.29, 0.717) is 12.8 Å². The molecule has 0 radical (unpaired) electrons. The molecule has 0 aromatic carbocycles. The van der Waals surface area contributed by atoms with E-state index < -0.39 is 18.4 Å². The van der Waals surface area contributed by atoms with Crippen molar-refractivity contribution in [2.45, 2.75) is 39.0 Å². The number of hydrazine groups is 1. The van der Waals surface area contributed by atoms with E-state index in [1.807, 2.05) is 0 Å². The minimum absolute atomic E-state index is 0.0848. The molecule has 0 spiro atoms. The number of nitrogens with one attached hydrogen (secondary N) is 2. The fraction of sp³-hybridized carbons (Fsp3) is 0.778. The van der Waals surface area contributed by atoms with Crippen molar-refractivity contribution in [1.29, 1.82) is 0 Å². The van der Waals surface area contributed by atoms with Crippen LogP contribution >= 0.6 is 0 Å². The SMILES string of the molecule is CCC(=O)NNC(=O)C[CH2][Sn]([CH3])([CH3])[CH3]. The maximum absolute atomic E-state index is 11.2. The Labute approximate surface area is 89.7 Å². The second kappa shape index (κ2) is 6.27. The first-order valence-corrected chi connectivity index (χ1v) is 15.5. The molecule has 0 heterocycles. The van der Waals surface area contributed by atoms with Crippen LogP contribution in [0.2, 0.25) is 19.3 Å². The zero-order valence-electron chi connectivity index (χ0n) is 9.44. The Morgan fingerprint density at radius 1 is 1.07 bits per heavy atom. The fourth-order valence-electron chi connectivity index (χ4n) is 0.779. The van der Waals surface area contributed by atoms with Gasteiger partial charge in [0, 0.05) is 0 Å². The molecule has 5 heteroatoms. The standard InChI is InChI=1S/C6H11N2O2.3CH3.Sn/c1-3-5(9)7-8-6(10)4-2;;;;/h1,3-4H2,2H3,(H,7,9)(H,8,10);3*1H3;. The molecule has 2 amide bonds. The molecule has 0 rings (SSSR count). The Kier molecular flexibility index (Phi) is 6.15. The molecule has 0 saturated carbocycles. The molecule has 0 aliphatic carbocycles. The van der Waals surface area contributed by atoms with Gasteiger partial charge in [-0.25, -0.2) is 0 Å². The van der Waals surface area contributed by atoms with Gasteiger partial charge in [-0.15, -0.1) is 0 Å². The van der Waals surface area contributed by atoms with Crippen LogP contribution in [0, 0.1) is 0 Å². The first-order chi connectivity index (χ1) is 6.35. The second-order valence-electron chi connectivity index (χ2n) is 4.51. The number of hydrogen-bond acceptors (Lipinski definition) is 2. The van der Waals surface area contributed by atoms with Gasteiger partial charge >= 0.3 is 89.7 Å². The van der Waals surface area contributed by atoms with Gasteiger partial charge in [0.25, 0.3) is 0 Å². The summed E-state index contributed by atoms with van der Waals surface area (Å²) >= 11 is -1.83. The van der Waals surface area contributed by atoms with Crippen LogP contribution in [0.25, 0.3) is 0 Å². The number of amides is 2. The van der Waals surface area contributed by atoms with Gasteiger partial charge in [-0.3, -0.25) is 0 Å². The summed E-state index contributed by atoms with van der Waals surface area (Å²) in [6.45, 7) is 1.74. The van der Waals surface area contributed by atoms with Crippen molar-refractivity contribution < 1.29 is 9.59 Å². The van der Waals surface area contributed by atoms with Gasteiger partial charge < -0.3 is 0 Å². The molecule has 82 valence electrons. The molecule has 0 atom stereocenters. The van der Waals surface area contributed by atoms with Crippen molar-refractivity contribution in [3.05, 3.63) is 0 Å². The normalized spacial score (nSPS) is 10.9. The second-order valence-corrected chi connectivity index (χ2v) is 20.6. The van der Waals surface area contributed by atoms with Gasteiger partial charge in [0.1, 0.15) is 0 Å². The van der Waals surface area contributed by atoms with E-state index in [1.165, 1.54) is 0 Å². The fourth-order valence-corrected chi connectivity index (χ4v) is 3.57. The Morgan fingerprint density at radius 3 is 2.00 bits per heavy atom. The van der Waals surface area contributed by atoms with Gasteiger partial charge in [0.05, 0.1) is 0 Å². The molecule has 14 heavy (non-hydrogen) atoms. The molecule has 0 aliphatic heterocycles. The molecular formula is C9H20N2O2Sn. The zero-order chi connectivity index (χ0) is 11.2. The Balaban J connectivity index is 3.62. The third kappa shape index (κ3) is 8.34. The van der Waals surface area contributed by atoms with Crippen molar-refractivity contribution in [3.63, 3.8) is 0 Å². The average molecular weight is 307 g/mol. The van der Waals surface area contributed by atoms with Crippen LogP contribution in [-0.2, 0) is 9.59 Å². The Morgan fingerprint density at radius 2 is 1.57 bits per heavy atom. The molecule has 2 N–H and O–H groups in total. The first-order valence-electron chi connectivity index (χ1n) is 4.93. The van der Waals surface area contributed by atoms with Crippen LogP contribution in [0.1, 0.15) is 19.8 Å². The van der Waals surface area contributed by atoms with E-state index in [0.717, 1.165) is 4.44 Å². The van der Waals surface area contributed by atoms with Crippen molar-refractivity contribution in [1.82, 2.24) is 10.9 Å². The molecular weight excluding hydrogens is 287 g/mol. The van der Waals surface area contributed by atoms with Gasteiger partial charge in [-0.1, -0.05) is 0 Å². The van der Waals surface area contributed by atoms with E-state index >= 15 is 0 Å². The summed E-state index contributed by atoms with van der Waals surface area (Å²) in [5, 5.41) is 0. The van der Waals surface area contributed by atoms with E-state index in [4.69, 9.17) is 0 Å². The summed E-state index contributed by atoms with van der Waals surface area (Å²) in [6.07, 6.45) is 0.919. The summed E-state index contributed by atoms with van der Waals surface area (Å²) in [5.74, 6) is -0.240. The van der Waals surface area contributed by atoms with Crippen molar-refractivity contribution in [3.8, 4) is 0 Å². The molecule has 0 aromatic rings. The number of rotatable bonds is 4. The van der Waals surface area contributed by atoms with Crippen LogP contribution in [0.5, 0.6) is 0 Å². The molecule has 0 saturated heterocycles. The van der Waals surface area contributed by atoms with Crippen LogP contribution in [0.15, 0.2) is 0 Å². The van der Waals surface area contributed by atoms with Crippen LogP contribution < -0.4 is 10.9 Å². The zero-order valence-corrected chi connectivity index (χ0v) is 12.3. The predicted molar refractivity (Wildman–Crippen MR) is 59.3 cm³/mol. The average Bonchev–Trinajstić information content (AvgIpc) is 2.09. The molecule has 0 aromatic heterocycles. The van der Waals surface area contributed by atoms with Gasteiger partial charge in [-0.2, -0.15) is 0 Å². The topological polar surface area (TPSA) is 58.2 Å². The third-order valence-corrected chi connectivity index (χ3v) is 6.76. The van der Waals surface area contributed by atoms with E-state index in [-0.39, 0.29) is 11.8 Å².